The van der Waals surface area contributed by atoms with Gasteiger partial charge in [0.05, 0.1) is 22.4 Å². The predicted molar refractivity (Wildman–Crippen MR) is 151 cm³/mol. The molecule has 2 amide bonds. The highest BCUT2D eigenvalue weighted by molar-refractivity contribution is 6.31. The average molecular weight is 582 g/mol. The van der Waals surface area contributed by atoms with Gasteiger partial charge in [-0.25, -0.2) is 9.97 Å². The number of aryl methyl sites for hydroxylation is 3. The molecule has 41 heavy (non-hydrogen) atoms. The van der Waals surface area contributed by atoms with Crippen LogP contribution in [0.5, 0.6) is 5.75 Å². The Morgan fingerprint density at radius 2 is 1.66 bits per heavy atom. The van der Waals surface area contributed by atoms with Crippen LogP contribution in [-0.4, -0.2) is 75.6 Å². The number of Topliss-reactive ketones (excluding diaryl/α,β-unsaturated/α-hetero) is 1. The molecule has 0 spiro atoms. The smallest absolute Gasteiger partial charge is 0.319 e. The molecule has 5 rings (SSSR count). The van der Waals surface area contributed by atoms with Gasteiger partial charge in [0.1, 0.15) is 17.9 Å². The predicted octanol–water partition coefficient (Wildman–Crippen LogP) is 3.04. The molecule has 3 atom stereocenters. The molecule has 3 fully saturated rings. The lowest BCUT2D eigenvalue weighted by molar-refractivity contribution is -0.155. The standard InChI is InChI=1S/C30H36ClN5O5/c1-17-4-5-23(10-24(17)31)41-29(40)30(8-6-22(37)7-9-30)25(11-26(32)38)35-12-20-14-36(15-21(20)13-35)28(39)27-18(2)33-16-34-19(27)3/h4-5,10,16,20-21,25H,6-9,11-15H2,1-3H3,(H2,32,38). The van der Waals surface area contributed by atoms with Crippen LogP contribution in [0.15, 0.2) is 24.5 Å². The second-order valence-corrected chi connectivity index (χ2v) is 12.2. The molecular formula is C30H36ClN5O5. The Labute approximate surface area is 244 Å². The second kappa shape index (κ2) is 11.5. The van der Waals surface area contributed by atoms with Crippen molar-refractivity contribution in [3.63, 3.8) is 0 Å². The molecular weight excluding hydrogens is 546 g/mol. The number of primary amides is 1. The number of carbonyl (C=O) groups is 4. The Morgan fingerprint density at radius 3 is 2.22 bits per heavy atom. The van der Waals surface area contributed by atoms with Crippen LogP contribution in [0.3, 0.4) is 0 Å². The fourth-order valence-electron chi connectivity index (χ4n) is 6.87. The highest BCUT2D eigenvalue weighted by Crippen LogP contribution is 2.46. The molecule has 11 heteroatoms. The Kier molecular flexibility index (Phi) is 8.16. The van der Waals surface area contributed by atoms with Gasteiger partial charge in [0.25, 0.3) is 5.91 Å². The maximum absolute atomic E-state index is 14.0. The normalized spacial score (nSPS) is 22.8. The van der Waals surface area contributed by atoms with Crippen LogP contribution in [0.25, 0.3) is 0 Å². The number of hydrogen-bond donors (Lipinski definition) is 1. The summed E-state index contributed by atoms with van der Waals surface area (Å²) in [6.45, 7) is 7.83. The highest BCUT2D eigenvalue weighted by atomic mass is 35.5. The van der Waals surface area contributed by atoms with Crippen molar-refractivity contribution < 1.29 is 23.9 Å². The first-order valence-corrected chi connectivity index (χ1v) is 14.5. The summed E-state index contributed by atoms with van der Waals surface area (Å²) < 4.78 is 5.89. The van der Waals surface area contributed by atoms with E-state index in [0.717, 1.165) is 5.56 Å². The number of amides is 2. The van der Waals surface area contributed by atoms with Gasteiger partial charge < -0.3 is 15.4 Å². The second-order valence-electron chi connectivity index (χ2n) is 11.8. The number of fused-ring (bicyclic) bond motifs is 1. The van der Waals surface area contributed by atoms with Gasteiger partial charge in [-0.05, 0) is 63.1 Å². The Balaban J connectivity index is 1.37. The molecule has 0 bridgehead atoms. The number of ether oxygens (including phenoxy) is 1. The van der Waals surface area contributed by atoms with Crippen molar-refractivity contribution >= 4 is 35.2 Å². The number of nitrogens with zero attached hydrogens (tertiary/aromatic N) is 4. The summed E-state index contributed by atoms with van der Waals surface area (Å²) in [5, 5.41) is 0.482. The van der Waals surface area contributed by atoms with Gasteiger partial charge >= 0.3 is 5.97 Å². The summed E-state index contributed by atoms with van der Waals surface area (Å²) in [6.07, 6.45) is 2.47. The summed E-state index contributed by atoms with van der Waals surface area (Å²) in [6, 6.07) is 4.55. The van der Waals surface area contributed by atoms with E-state index in [0.29, 0.717) is 53.9 Å². The van der Waals surface area contributed by atoms with E-state index in [9.17, 15) is 19.2 Å². The zero-order valence-electron chi connectivity index (χ0n) is 23.7. The van der Waals surface area contributed by atoms with Gasteiger partial charge in [-0.15, -0.1) is 0 Å². The quantitative estimate of drug-likeness (QED) is 0.389. The van der Waals surface area contributed by atoms with Crippen LogP contribution < -0.4 is 10.5 Å². The van der Waals surface area contributed by atoms with E-state index >= 15 is 0 Å². The van der Waals surface area contributed by atoms with Crippen LogP contribution in [0.1, 0.15) is 59.4 Å². The molecule has 0 radical (unpaired) electrons. The number of aromatic nitrogens is 2. The number of rotatable bonds is 7. The van der Waals surface area contributed by atoms with Crippen LogP contribution in [0.4, 0.5) is 0 Å². The summed E-state index contributed by atoms with van der Waals surface area (Å²) in [5.41, 5.74) is 7.38. The van der Waals surface area contributed by atoms with Crippen LogP contribution in [-0.2, 0) is 14.4 Å². The van der Waals surface area contributed by atoms with Gasteiger partial charge in [0.15, 0.2) is 0 Å². The van der Waals surface area contributed by atoms with Crippen molar-refractivity contribution in [2.24, 2.45) is 23.0 Å². The number of benzene rings is 1. The van der Waals surface area contributed by atoms with Gasteiger partial charge in [0.2, 0.25) is 5.91 Å². The topological polar surface area (TPSA) is 136 Å². The van der Waals surface area contributed by atoms with Gasteiger partial charge in [-0.2, -0.15) is 0 Å². The number of carbonyl (C=O) groups excluding carboxylic acids is 4. The minimum absolute atomic E-state index is 0.0280. The van der Waals surface area contributed by atoms with Gasteiger partial charge in [-0.1, -0.05) is 17.7 Å². The van der Waals surface area contributed by atoms with E-state index in [-0.39, 0.29) is 55.6 Å². The maximum Gasteiger partial charge on any atom is 0.319 e. The Hall–Kier alpha value is -3.37. The van der Waals surface area contributed by atoms with Crippen LogP contribution in [0, 0.1) is 38.0 Å². The highest BCUT2D eigenvalue weighted by Gasteiger charge is 2.54. The fraction of sp³-hybridized carbons (Fsp3) is 0.533. The van der Waals surface area contributed by atoms with Gasteiger partial charge in [-0.3, -0.25) is 24.1 Å². The minimum atomic E-state index is -1.08. The average Bonchev–Trinajstić information content (AvgIpc) is 3.49. The summed E-state index contributed by atoms with van der Waals surface area (Å²) in [5.74, 6) is -0.294. The number of nitrogens with two attached hydrogens (primary N) is 1. The van der Waals surface area contributed by atoms with Crippen LogP contribution >= 0.6 is 11.6 Å². The first kappa shape index (κ1) is 29.1. The molecule has 1 aromatic carbocycles. The SMILES string of the molecule is Cc1ccc(OC(=O)C2(C(CC(N)=O)N3CC4CN(C(=O)c5c(C)ncnc5C)CC4C3)CCC(=O)CC2)cc1Cl. The maximum atomic E-state index is 14.0. The number of ketones is 1. The number of esters is 1. The zero-order valence-corrected chi connectivity index (χ0v) is 24.4. The third-order valence-corrected chi connectivity index (χ3v) is 9.58. The van der Waals surface area contributed by atoms with E-state index in [2.05, 4.69) is 14.9 Å². The molecule has 1 aromatic heterocycles. The van der Waals surface area contributed by atoms with E-state index in [1.165, 1.54) is 6.33 Å². The first-order chi connectivity index (χ1) is 19.5. The van der Waals surface area contributed by atoms with Crippen molar-refractivity contribution in [3.05, 3.63) is 52.1 Å². The summed E-state index contributed by atoms with van der Waals surface area (Å²) in [4.78, 5) is 64.4. The molecule has 1 aliphatic carbocycles. The fourth-order valence-corrected chi connectivity index (χ4v) is 7.04. The molecule has 2 saturated heterocycles. The Morgan fingerprint density at radius 1 is 1.05 bits per heavy atom. The van der Waals surface area contributed by atoms with Crippen molar-refractivity contribution in [2.45, 2.75) is 58.9 Å². The molecule has 1 saturated carbocycles. The van der Waals surface area contributed by atoms with Crippen molar-refractivity contribution in [2.75, 3.05) is 26.2 Å². The lowest BCUT2D eigenvalue weighted by Gasteiger charge is -2.45. The van der Waals surface area contributed by atoms with Crippen molar-refractivity contribution in [3.8, 4) is 5.75 Å². The summed E-state index contributed by atoms with van der Waals surface area (Å²) in [7, 11) is 0. The van der Waals surface area contributed by atoms with E-state index < -0.39 is 23.3 Å². The molecule has 3 aliphatic rings. The van der Waals surface area contributed by atoms with E-state index in [4.69, 9.17) is 22.1 Å². The molecule has 218 valence electrons. The molecule has 2 aliphatic heterocycles. The third-order valence-electron chi connectivity index (χ3n) is 9.18. The van der Waals surface area contributed by atoms with E-state index in [1.54, 1.807) is 18.2 Å². The monoisotopic (exact) mass is 581 g/mol. The minimum Gasteiger partial charge on any atom is -0.426 e. The first-order valence-electron chi connectivity index (χ1n) is 14.1. The third kappa shape index (κ3) is 5.72. The van der Waals surface area contributed by atoms with E-state index in [1.807, 2.05) is 25.7 Å². The lowest BCUT2D eigenvalue weighted by atomic mass is 9.67. The lowest BCUT2D eigenvalue weighted by Crippen LogP contribution is -2.56. The molecule has 10 nitrogen and oxygen atoms in total. The summed E-state index contributed by atoms with van der Waals surface area (Å²) >= 11 is 6.28. The zero-order chi connectivity index (χ0) is 29.5. The van der Waals surface area contributed by atoms with Crippen LogP contribution in [0.2, 0.25) is 5.02 Å². The number of halogens is 1. The molecule has 2 aromatic rings. The number of likely N-dealkylation sites (tertiary alicyclic amines) is 2. The largest absolute Gasteiger partial charge is 0.426 e. The Bertz CT molecular complexity index is 1350. The molecule has 3 heterocycles. The van der Waals surface area contributed by atoms with Gasteiger partial charge in [0, 0.05) is 56.5 Å². The number of hydrogen-bond acceptors (Lipinski definition) is 8. The van der Waals surface area contributed by atoms with Crippen molar-refractivity contribution in [1.29, 1.82) is 0 Å². The van der Waals surface area contributed by atoms with Crippen molar-refractivity contribution in [1.82, 2.24) is 19.8 Å². The molecule has 3 unspecified atom stereocenters. The molecule has 2 N–H and O–H groups in total.